The summed E-state index contributed by atoms with van der Waals surface area (Å²) < 4.78 is 0. The van der Waals surface area contributed by atoms with Gasteiger partial charge in [-0.15, -0.1) is 11.8 Å². The molecule has 1 amide bonds. The molecule has 0 radical (unpaired) electrons. The predicted octanol–water partition coefficient (Wildman–Crippen LogP) is 0.794. The van der Waals surface area contributed by atoms with E-state index in [2.05, 4.69) is 0 Å². The van der Waals surface area contributed by atoms with Gasteiger partial charge in [-0.2, -0.15) is 0 Å². The maximum atomic E-state index is 10.9. The lowest BCUT2D eigenvalue weighted by molar-refractivity contribution is 0.0997. The molecular weight excluding hydrogens is 172 g/mol. The van der Waals surface area contributed by atoms with Crippen LogP contribution in [0.3, 0.4) is 0 Å². The first-order valence-corrected chi connectivity index (χ1v) is 4.46. The summed E-state index contributed by atoms with van der Waals surface area (Å²) in [6.45, 7) is 0. The molecule has 0 fully saturated rings. The van der Waals surface area contributed by atoms with E-state index in [4.69, 9.17) is 11.5 Å². The topological polar surface area (TPSA) is 69.1 Å². The van der Waals surface area contributed by atoms with Crippen LogP contribution in [-0.2, 0) is 0 Å². The van der Waals surface area contributed by atoms with Crippen molar-refractivity contribution < 1.29 is 4.79 Å². The second kappa shape index (κ2) is 4.13. The van der Waals surface area contributed by atoms with Gasteiger partial charge >= 0.3 is 0 Å². The Morgan fingerprint density at radius 2 is 2.08 bits per heavy atom. The molecule has 0 saturated heterocycles. The van der Waals surface area contributed by atoms with Gasteiger partial charge in [-0.25, -0.2) is 0 Å². The Labute approximate surface area is 75.1 Å². The smallest absolute Gasteiger partial charge is 0.249 e. The van der Waals surface area contributed by atoms with Crippen LogP contribution in [0.5, 0.6) is 0 Å². The van der Waals surface area contributed by atoms with Gasteiger partial charge in [-0.3, -0.25) is 4.79 Å². The summed E-state index contributed by atoms with van der Waals surface area (Å²) in [5.74, 6) is 0.0381. The molecule has 1 aromatic rings. The second-order valence-corrected chi connectivity index (χ2v) is 3.23. The van der Waals surface area contributed by atoms with Gasteiger partial charge in [-0.1, -0.05) is 12.1 Å². The summed E-state index contributed by atoms with van der Waals surface area (Å²) in [6, 6.07) is 7.16. The minimum absolute atomic E-state index is 0.411. The van der Waals surface area contributed by atoms with Crippen LogP contribution in [0.25, 0.3) is 0 Å². The van der Waals surface area contributed by atoms with Crippen molar-refractivity contribution in [2.24, 2.45) is 11.5 Å². The first-order valence-electron chi connectivity index (χ1n) is 3.47. The first kappa shape index (κ1) is 9.09. The van der Waals surface area contributed by atoms with Gasteiger partial charge in [0.1, 0.15) is 0 Å². The van der Waals surface area contributed by atoms with Crippen LogP contribution in [0, 0.1) is 0 Å². The van der Waals surface area contributed by atoms with Crippen molar-refractivity contribution in [1.29, 1.82) is 0 Å². The lowest BCUT2D eigenvalue weighted by Crippen LogP contribution is -2.12. The average molecular weight is 182 g/mol. The number of amides is 1. The number of benzene rings is 1. The number of carbonyl (C=O) groups excluding carboxylic acids is 1. The lowest BCUT2D eigenvalue weighted by Gasteiger charge is -2.02. The summed E-state index contributed by atoms with van der Waals surface area (Å²) in [4.78, 5) is 11.7. The maximum Gasteiger partial charge on any atom is 0.249 e. The molecule has 0 aliphatic heterocycles. The first-order chi connectivity index (χ1) is 5.75. The van der Waals surface area contributed by atoms with Crippen molar-refractivity contribution in [1.82, 2.24) is 0 Å². The molecule has 0 aliphatic rings. The number of hydrogen-bond donors (Lipinski definition) is 2. The molecule has 0 heterocycles. The molecule has 12 heavy (non-hydrogen) atoms. The van der Waals surface area contributed by atoms with Crippen LogP contribution >= 0.6 is 11.8 Å². The molecule has 0 atom stereocenters. The van der Waals surface area contributed by atoms with E-state index in [0.717, 1.165) is 4.90 Å². The summed E-state index contributed by atoms with van der Waals surface area (Å²) >= 11 is 1.41. The van der Waals surface area contributed by atoms with Crippen LogP contribution in [0.1, 0.15) is 10.4 Å². The molecule has 0 spiro atoms. The molecule has 0 bridgehead atoms. The van der Waals surface area contributed by atoms with Crippen molar-refractivity contribution in [2.45, 2.75) is 4.90 Å². The van der Waals surface area contributed by atoms with E-state index in [1.807, 2.05) is 12.1 Å². The zero-order valence-corrected chi connectivity index (χ0v) is 7.30. The van der Waals surface area contributed by atoms with E-state index < -0.39 is 5.91 Å². The molecule has 0 unspecified atom stereocenters. The Kier molecular flexibility index (Phi) is 3.13. The van der Waals surface area contributed by atoms with Crippen molar-refractivity contribution >= 4 is 17.7 Å². The quantitative estimate of drug-likeness (QED) is 0.536. The Balaban J connectivity index is 3.00. The van der Waals surface area contributed by atoms with Crippen molar-refractivity contribution in [3.63, 3.8) is 0 Å². The van der Waals surface area contributed by atoms with Gasteiger partial charge in [0.25, 0.3) is 0 Å². The summed E-state index contributed by atoms with van der Waals surface area (Å²) in [5, 5.41) is 0. The molecule has 4 heteroatoms. The van der Waals surface area contributed by atoms with E-state index in [1.54, 1.807) is 12.1 Å². The fourth-order valence-electron chi connectivity index (χ4n) is 0.886. The molecule has 3 nitrogen and oxygen atoms in total. The molecule has 64 valence electrons. The third-order valence-corrected chi connectivity index (χ3v) is 2.23. The number of nitrogens with two attached hydrogens (primary N) is 2. The molecule has 0 aromatic heterocycles. The minimum atomic E-state index is -0.411. The van der Waals surface area contributed by atoms with E-state index in [9.17, 15) is 4.79 Å². The van der Waals surface area contributed by atoms with Gasteiger partial charge in [-0.05, 0) is 12.1 Å². The number of thioether (sulfide) groups is 1. The summed E-state index contributed by atoms with van der Waals surface area (Å²) in [7, 11) is 0. The Morgan fingerprint density at radius 1 is 1.42 bits per heavy atom. The summed E-state index contributed by atoms with van der Waals surface area (Å²) in [6.07, 6.45) is 0. The Morgan fingerprint density at radius 3 is 2.67 bits per heavy atom. The van der Waals surface area contributed by atoms with Crippen molar-refractivity contribution in [3.05, 3.63) is 29.8 Å². The normalized spacial score (nSPS) is 9.75. The fourth-order valence-corrected chi connectivity index (χ4v) is 1.56. The highest BCUT2D eigenvalue weighted by atomic mass is 32.2. The highest BCUT2D eigenvalue weighted by Crippen LogP contribution is 2.20. The van der Waals surface area contributed by atoms with Crippen LogP contribution in [0.15, 0.2) is 29.2 Å². The Hall–Kier alpha value is -1.00. The van der Waals surface area contributed by atoms with Crippen molar-refractivity contribution in [3.8, 4) is 0 Å². The van der Waals surface area contributed by atoms with E-state index in [-0.39, 0.29) is 0 Å². The Bertz CT molecular complexity index is 288. The highest BCUT2D eigenvalue weighted by molar-refractivity contribution is 7.99. The van der Waals surface area contributed by atoms with Gasteiger partial charge in [0.2, 0.25) is 5.91 Å². The summed E-state index contributed by atoms with van der Waals surface area (Å²) in [5.41, 5.74) is 11.0. The SMILES string of the molecule is NCSc1ccccc1C(N)=O. The van der Waals surface area contributed by atoms with E-state index in [1.165, 1.54) is 11.8 Å². The third-order valence-electron chi connectivity index (χ3n) is 1.39. The van der Waals surface area contributed by atoms with Crippen LogP contribution < -0.4 is 11.5 Å². The number of carbonyl (C=O) groups is 1. The number of primary amides is 1. The van der Waals surface area contributed by atoms with E-state index in [0.29, 0.717) is 11.4 Å². The standard InChI is InChI=1S/C8H10N2OS/c9-5-12-7-4-2-1-3-6(7)8(10)11/h1-4H,5,9H2,(H2,10,11). The van der Waals surface area contributed by atoms with Crippen LogP contribution in [0.2, 0.25) is 0 Å². The van der Waals surface area contributed by atoms with Gasteiger partial charge < -0.3 is 11.5 Å². The minimum Gasteiger partial charge on any atom is -0.366 e. The van der Waals surface area contributed by atoms with Crippen LogP contribution in [-0.4, -0.2) is 11.8 Å². The highest BCUT2D eigenvalue weighted by Gasteiger charge is 2.05. The number of hydrogen-bond acceptors (Lipinski definition) is 3. The second-order valence-electron chi connectivity index (χ2n) is 2.17. The molecule has 4 N–H and O–H groups in total. The predicted molar refractivity (Wildman–Crippen MR) is 49.9 cm³/mol. The average Bonchev–Trinajstić information content (AvgIpc) is 2.05. The van der Waals surface area contributed by atoms with E-state index >= 15 is 0 Å². The maximum absolute atomic E-state index is 10.9. The largest absolute Gasteiger partial charge is 0.366 e. The molecule has 1 aromatic carbocycles. The molecular formula is C8H10N2OS. The molecule has 1 rings (SSSR count). The monoisotopic (exact) mass is 182 g/mol. The zero-order valence-electron chi connectivity index (χ0n) is 6.49. The lowest BCUT2D eigenvalue weighted by atomic mass is 10.2. The zero-order chi connectivity index (χ0) is 8.97. The van der Waals surface area contributed by atoms with Crippen LogP contribution in [0.4, 0.5) is 0 Å². The third kappa shape index (κ3) is 1.99. The molecule has 0 aliphatic carbocycles. The molecule has 0 saturated carbocycles. The number of rotatable bonds is 3. The van der Waals surface area contributed by atoms with Crippen molar-refractivity contribution in [2.75, 3.05) is 5.88 Å². The van der Waals surface area contributed by atoms with Gasteiger partial charge in [0, 0.05) is 10.8 Å². The van der Waals surface area contributed by atoms with Gasteiger partial charge in [0.05, 0.1) is 5.56 Å². The fraction of sp³-hybridized carbons (Fsp3) is 0.125. The van der Waals surface area contributed by atoms with Gasteiger partial charge in [0.15, 0.2) is 0 Å².